The van der Waals surface area contributed by atoms with Crippen LogP contribution in [0.15, 0.2) is 12.1 Å². The average molecular weight is 357 g/mol. The second-order valence-corrected chi connectivity index (χ2v) is 7.07. The molecule has 3 rings (SSSR count). The summed E-state index contributed by atoms with van der Waals surface area (Å²) in [5, 5.41) is 3.72. The Labute approximate surface area is 141 Å². The minimum absolute atomic E-state index is 0.109. The standard InChI is InChI=1S/C16H18F3N3OS/c1-9-11-3-4-12(16(17,18)19)21-14(11)24-13(9)15(23)22-6-5-10(8-22)7-20-2/h3-4,10,20H,5-8H2,1-2H3/t10-/m1/s1. The second kappa shape index (κ2) is 6.33. The Morgan fingerprint density at radius 1 is 1.46 bits per heavy atom. The molecule has 1 saturated heterocycles. The quantitative estimate of drug-likeness (QED) is 0.917. The molecule has 0 radical (unpaired) electrons. The van der Waals surface area contributed by atoms with Crippen LogP contribution in [0.2, 0.25) is 0 Å². The highest BCUT2D eigenvalue weighted by atomic mass is 32.1. The van der Waals surface area contributed by atoms with Crippen LogP contribution in [0, 0.1) is 12.8 Å². The fourth-order valence-electron chi connectivity index (χ4n) is 3.08. The monoisotopic (exact) mass is 357 g/mol. The van der Waals surface area contributed by atoms with E-state index in [0.29, 0.717) is 34.8 Å². The largest absolute Gasteiger partial charge is 0.433 e. The molecule has 1 N–H and O–H groups in total. The fourth-order valence-corrected chi connectivity index (χ4v) is 4.23. The van der Waals surface area contributed by atoms with Crippen molar-refractivity contribution in [3.8, 4) is 0 Å². The maximum Gasteiger partial charge on any atom is 0.433 e. The molecule has 1 atom stereocenters. The van der Waals surface area contributed by atoms with Crippen LogP contribution >= 0.6 is 11.3 Å². The van der Waals surface area contributed by atoms with Gasteiger partial charge in [-0.2, -0.15) is 13.2 Å². The van der Waals surface area contributed by atoms with Crippen molar-refractivity contribution in [1.29, 1.82) is 0 Å². The van der Waals surface area contributed by atoms with Gasteiger partial charge in [0, 0.05) is 18.5 Å². The molecule has 0 saturated carbocycles. The topological polar surface area (TPSA) is 45.2 Å². The smallest absolute Gasteiger partial charge is 0.338 e. The Bertz CT molecular complexity index is 772. The van der Waals surface area contributed by atoms with E-state index in [9.17, 15) is 18.0 Å². The normalized spacial score (nSPS) is 18.5. The molecule has 1 fully saturated rings. The summed E-state index contributed by atoms with van der Waals surface area (Å²) in [5.74, 6) is 0.311. The van der Waals surface area contributed by atoms with Gasteiger partial charge in [-0.3, -0.25) is 4.79 Å². The minimum Gasteiger partial charge on any atom is -0.338 e. The summed E-state index contributed by atoms with van der Waals surface area (Å²) in [7, 11) is 1.88. The summed E-state index contributed by atoms with van der Waals surface area (Å²) in [5.41, 5.74) is -0.219. The second-order valence-electron chi connectivity index (χ2n) is 6.07. The number of amides is 1. The lowest BCUT2D eigenvalue weighted by molar-refractivity contribution is -0.140. The third kappa shape index (κ3) is 3.12. The third-order valence-corrected chi connectivity index (χ3v) is 5.54. The van der Waals surface area contributed by atoms with E-state index in [4.69, 9.17) is 0 Å². The van der Waals surface area contributed by atoms with Gasteiger partial charge < -0.3 is 10.2 Å². The Balaban J connectivity index is 1.90. The van der Waals surface area contributed by atoms with Crippen LogP contribution in [-0.2, 0) is 6.18 Å². The summed E-state index contributed by atoms with van der Waals surface area (Å²) in [6, 6.07) is 2.37. The molecule has 3 heterocycles. The maximum absolute atomic E-state index is 12.8. The zero-order chi connectivity index (χ0) is 17.5. The van der Waals surface area contributed by atoms with Crippen molar-refractivity contribution in [2.24, 2.45) is 5.92 Å². The first-order chi connectivity index (χ1) is 11.3. The van der Waals surface area contributed by atoms with Crippen LogP contribution in [0.4, 0.5) is 13.2 Å². The average Bonchev–Trinajstić information content (AvgIpc) is 3.11. The van der Waals surface area contributed by atoms with Gasteiger partial charge in [-0.25, -0.2) is 4.98 Å². The molecule has 8 heteroatoms. The van der Waals surface area contributed by atoms with E-state index in [1.165, 1.54) is 6.07 Å². The van der Waals surface area contributed by atoms with Gasteiger partial charge in [-0.05, 0) is 50.6 Å². The van der Waals surface area contributed by atoms with Crippen molar-refractivity contribution in [1.82, 2.24) is 15.2 Å². The summed E-state index contributed by atoms with van der Waals surface area (Å²) in [6.45, 7) is 3.97. The lowest BCUT2D eigenvalue weighted by atomic mass is 10.1. The van der Waals surface area contributed by atoms with Crippen molar-refractivity contribution in [2.75, 3.05) is 26.7 Å². The highest BCUT2D eigenvalue weighted by Crippen LogP contribution is 2.35. The first-order valence-corrected chi connectivity index (χ1v) is 8.54. The number of halogens is 3. The van der Waals surface area contributed by atoms with Gasteiger partial charge in [0.2, 0.25) is 0 Å². The first-order valence-electron chi connectivity index (χ1n) is 7.72. The molecule has 4 nitrogen and oxygen atoms in total. The molecular weight excluding hydrogens is 339 g/mol. The number of fused-ring (bicyclic) bond motifs is 1. The molecule has 24 heavy (non-hydrogen) atoms. The number of rotatable bonds is 3. The van der Waals surface area contributed by atoms with Crippen LogP contribution < -0.4 is 5.32 Å². The number of hydrogen-bond acceptors (Lipinski definition) is 4. The third-order valence-electron chi connectivity index (χ3n) is 4.35. The van der Waals surface area contributed by atoms with Gasteiger partial charge in [0.05, 0.1) is 4.88 Å². The number of carbonyl (C=O) groups is 1. The number of nitrogens with one attached hydrogen (secondary N) is 1. The zero-order valence-corrected chi connectivity index (χ0v) is 14.2. The summed E-state index contributed by atoms with van der Waals surface area (Å²) < 4.78 is 38.4. The van der Waals surface area contributed by atoms with Crippen LogP contribution in [0.25, 0.3) is 10.2 Å². The Kier molecular flexibility index (Phi) is 4.52. The molecule has 130 valence electrons. The summed E-state index contributed by atoms with van der Waals surface area (Å²) in [4.78, 5) is 19.0. The number of pyridine rings is 1. The maximum atomic E-state index is 12.8. The number of nitrogens with zero attached hydrogens (tertiary/aromatic N) is 2. The van der Waals surface area contributed by atoms with Crippen molar-refractivity contribution in [2.45, 2.75) is 19.5 Å². The van der Waals surface area contributed by atoms with E-state index in [2.05, 4.69) is 10.3 Å². The van der Waals surface area contributed by atoms with Gasteiger partial charge in [-0.1, -0.05) is 0 Å². The molecule has 2 aromatic heterocycles. The number of alkyl halides is 3. The molecule has 0 unspecified atom stereocenters. The molecule has 0 aromatic carbocycles. The predicted molar refractivity (Wildman–Crippen MR) is 87.3 cm³/mol. The predicted octanol–water partition coefficient (Wildman–Crippen LogP) is 3.31. The summed E-state index contributed by atoms with van der Waals surface area (Å²) >= 11 is 1.05. The lowest BCUT2D eigenvalue weighted by Crippen LogP contribution is -2.30. The van der Waals surface area contributed by atoms with Crippen LogP contribution in [-0.4, -0.2) is 42.5 Å². The lowest BCUT2D eigenvalue weighted by Gasteiger charge is -2.16. The Morgan fingerprint density at radius 3 is 2.88 bits per heavy atom. The SMILES string of the molecule is CNC[C@H]1CCN(C(=O)c2sc3nc(C(F)(F)F)ccc3c2C)C1. The Morgan fingerprint density at radius 2 is 2.21 bits per heavy atom. The van der Waals surface area contributed by atoms with Crippen molar-refractivity contribution in [3.63, 3.8) is 0 Å². The molecular formula is C16H18F3N3OS. The number of hydrogen-bond donors (Lipinski definition) is 1. The van der Waals surface area contributed by atoms with Gasteiger partial charge in [0.1, 0.15) is 10.5 Å². The van der Waals surface area contributed by atoms with E-state index in [-0.39, 0.29) is 10.7 Å². The van der Waals surface area contributed by atoms with Gasteiger partial charge in [0.15, 0.2) is 0 Å². The van der Waals surface area contributed by atoms with Crippen LogP contribution in [0.3, 0.4) is 0 Å². The Hall–Kier alpha value is -1.67. The highest BCUT2D eigenvalue weighted by molar-refractivity contribution is 7.20. The van der Waals surface area contributed by atoms with Crippen molar-refractivity contribution < 1.29 is 18.0 Å². The number of aromatic nitrogens is 1. The fraction of sp³-hybridized carbons (Fsp3) is 0.500. The van der Waals surface area contributed by atoms with Crippen LogP contribution in [0.5, 0.6) is 0 Å². The van der Waals surface area contributed by atoms with Crippen molar-refractivity contribution in [3.05, 3.63) is 28.3 Å². The molecule has 0 bridgehead atoms. The molecule has 1 aliphatic rings. The number of aryl methyl sites for hydroxylation is 1. The molecule has 1 aliphatic heterocycles. The van der Waals surface area contributed by atoms with Gasteiger partial charge in [0.25, 0.3) is 5.91 Å². The molecule has 0 aliphatic carbocycles. The number of likely N-dealkylation sites (tertiary alicyclic amines) is 1. The first kappa shape index (κ1) is 17.2. The molecule has 0 spiro atoms. The van der Waals surface area contributed by atoms with Crippen molar-refractivity contribution >= 4 is 27.5 Å². The van der Waals surface area contributed by atoms with Gasteiger partial charge >= 0.3 is 6.18 Å². The molecule has 2 aromatic rings. The van der Waals surface area contributed by atoms with Gasteiger partial charge in [-0.15, -0.1) is 11.3 Å². The molecule has 1 amide bonds. The van der Waals surface area contributed by atoms with Crippen LogP contribution in [0.1, 0.15) is 27.3 Å². The van der Waals surface area contributed by atoms with E-state index < -0.39 is 11.9 Å². The van der Waals surface area contributed by atoms with E-state index >= 15 is 0 Å². The number of thiophene rings is 1. The zero-order valence-electron chi connectivity index (χ0n) is 13.4. The van der Waals surface area contributed by atoms with E-state index in [1.54, 1.807) is 11.8 Å². The highest BCUT2D eigenvalue weighted by Gasteiger charge is 2.34. The van der Waals surface area contributed by atoms with E-state index in [0.717, 1.165) is 30.4 Å². The minimum atomic E-state index is -4.48. The summed E-state index contributed by atoms with van der Waals surface area (Å²) in [6.07, 6.45) is -3.54. The van der Waals surface area contributed by atoms with E-state index in [1.807, 2.05) is 7.05 Å². The number of carbonyl (C=O) groups excluding carboxylic acids is 1.